The summed E-state index contributed by atoms with van der Waals surface area (Å²) in [6.07, 6.45) is 3.37. The summed E-state index contributed by atoms with van der Waals surface area (Å²) >= 11 is 1.47. The Morgan fingerprint density at radius 1 is 0.967 bits per heavy atom. The average Bonchev–Trinajstić information content (AvgIpc) is 3.19. The van der Waals surface area contributed by atoms with Gasteiger partial charge in [0.25, 0.3) is 0 Å². The monoisotopic (exact) mass is 452 g/mol. The third-order valence-corrected chi connectivity index (χ3v) is 8.47. The molecule has 1 aliphatic heterocycles. The quantitative estimate of drug-likeness (QED) is 0.655. The van der Waals surface area contributed by atoms with Gasteiger partial charge in [0.1, 0.15) is 11.6 Å². The van der Waals surface area contributed by atoms with Crippen LogP contribution in [0.3, 0.4) is 0 Å². The van der Waals surface area contributed by atoms with Crippen molar-refractivity contribution in [1.82, 2.24) is 9.21 Å². The van der Waals surface area contributed by atoms with Crippen molar-refractivity contribution in [1.29, 1.82) is 0 Å². The number of sulfonamides is 1. The third kappa shape index (κ3) is 4.24. The molecule has 2 aromatic rings. The van der Waals surface area contributed by atoms with Gasteiger partial charge in [-0.1, -0.05) is 12.1 Å². The number of carbonyl (C=O) groups excluding carboxylic acids is 1. The summed E-state index contributed by atoms with van der Waals surface area (Å²) in [6.45, 7) is 0.397. The van der Waals surface area contributed by atoms with Crippen LogP contribution in [-0.2, 0) is 27.7 Å². The number of rotatable bonds is 5. The zero-order chi connectivity index (χ0) is 21.3. The van der Waals surface area contributed by atoms with Crippen molar-refractivity contribution in [3.63, 3.8) is 0 Å². The highest BCUT2D eigenvalue weighted by Gasteiger charge is 2.34. The molecule has 1 aliphatic carbocycles. The first kappa shape index (κ1) is 21.3. The smallest absolute Gasteiger partial charge is 0.249 e. The fourth-order valence-electron chi connectivity index (χ4n) is 3.91. The van der Waals surface area contributed by atoms with Crippen LogP contribution in [0.15, 0.2) is 46.2 Å². The van der Waals surface area contributed by atoms with Crippen molar-refractivity contribution in [2.75, 3.05) is 31.9 Å². The summed E-state index contributed by atoms with van der Waals surface area (Å²) in [6, 6.07) is 9.28. The Bertz CT molecular complexity index is 1050. The normalized spacial score (nSPS) is 17.2. The second-order valence-electron chi connectivity index (χ2n) is 7.41. The minimum Gasteiger partial charge on any atom is -0.339 e. The molecule has 0 atom stereocenters. The van der Waals surface area contributed by atoms with Crippen molar-refractivity contribution >= 4 is 27.7 Å². The molecule has 0 spiro atoms. The van der Waals surface area contributed by atoms with Gasteiger partial charge in [-0.15, -0.1) is 11.8 Å². The van der Waals surface area contributed by atoms with Gasteiger partial charge in [-0.3, -0.25) is 4.79 Å². The van der Waals surface area contributed by atoms with E-state index in [1.807, 2.05) is 6.07 Å². The van der Waals surface area contributed by atoms with Gasteiger partial charge in [0.15, 0.2) is 4.90 Å². The molecule has 5 nitrogen and oxygen atoms in total. The Hall–Kier alpha value is -1.97. The predicted octanol–water partition coefficient (Wildman–Crippen LogP) is 3.08. The van der Waals surface area contributed by atoms with Gasteiger partial charge in [0.2, 0.25) is 15.9 Å². The maximum Gasteiger partial charge on any atom is 0.249 e. The van der Waals surface area contributed by atoms with Crippen molar-refractivity contribution in [2.45, 2.75) is 29.1 Å². The number of halogens is 2. The lowest BCUT2D eigenvalue weighted by Gasteiger charge is -2.34. The van der Waals surface area contributed by atoms with Crippen LogP contribution in [0.2, 0.25) is 0 Å². The number of carbonyl (C=O) groups is 1. The molecular formula is C21H22F2N2O3S2. The first-order valence-corrected chi connectivity index (χ1v) is 12.3. The Balaban J connectivity index is 1.34. The number of benzene rings is 2. The van der Waals surface area contributed by atoms with Gasteiger partial charge >= 0.3 is 0 Å². The highest BCUT2D eigenvalue weighted by Crippen LogP contribution is 2.28. The van der Waals surface area contributed by atoms with E-state index in [1.165, 1.54) is 29.3 Å². The molecule has 1 amide bonds. The SMILES string of the molecule is O=C(CSc1ccc2c(c1)CCC2)N1CCN(S(=O)(=O)c2c(F)cccc2F)CC1. The average molecular weight is 453 g/mol. The lowest BCUT2D eigenvalue weighted by Crippen LogP contribution is -2.51. The number of nitrogens with zero attached hydrogens (tertiary/aromatic N) is 2. The van der Waals surface area contributed by atoms with Crippen LogP contribution in [0, 0.1) is 11.6 Å². The van der Waals surface area contributed by atoms with E-state index in [1.54, 1.807) is 4.90 Å². The highest BCUT2D eigenvalue weighted by molar-refractivity contribution is 8.00. The lowest BCUT2D eigenvalue weighted by atomic mass is 10.1. The zero-order valence-electron chi connectivity index (χ0n) is 16.3. The molecule has 1 fully saturated rings. The van der Waals surface area contributed by atoms with E-state index < -0.39 is 26.6 Å². The number of aryl methyl sites for hydroxylation is 2. The Labute approximate surface area is 179 Å². The Morgan fingerprint density at radius 3 is 2.33 bits per heavy atom. The highest BCUT2D eigenvalue weighted by atomic mass is 32.2. The van der Waals surface area contributed by atoms with Crippen LogP contribution in [-0.4, -0.2) is 55.5 Å². The summed E-state index contributed by atoms with van der Waals surface area (Å²) in [5.41, 5.74) is 2.74. The predicted molar refractivity (Wildman–Crippen MR) is 111 cm³/mol. The van der Waals surface area contributed by atoms with Crippen LogP contribution >= 0.6 is 11.8 Å². The van der Waals surface area contributed by atoms with Crippen molar-refractivity contribution in [2.24, 2.45) is 0 Å². The molecule has 1 heterocycles. The molecule has 0 N–H and O–H groups in total. The summed E-state index contributed by atoms with van der Waals surface area (Å²) < 4.78 is 54.2. The number of fused-ring (bicyclic) bond motifs is 1. The van der Waals surface area contributed by atoms with Gasteiger partial charge in [0, 0.05) is 31.1 Å². The molecule has 2 aromatic carbocycles. The topological polar surface area (TPSA) is 57.7 Å². The van der Waals surface area contributed by atoms with E-state index in [-0.39, 0.29) is 37.8 Å². The minimum atomic E-state index is -4.29. The number of amides is 1. The van der Waals surface area contributed by atoms with Gasteiger partial charge in [0.05, 0.1) is 5.75 Å². The summed E-state index contributed by atoms with van der Waals surface area (Å²) in [5.74, 6) is -2.03. The molecule has 0 aromatic heterocycles. The van der Waals surface area contributed by atoms with E-state index in [9.17, 15) is 22.0 Å². The van der Waals surface area contributed by atoms with E-state index in [2.05, 4.69) is 12.1 Å². The first-order chi connectivity index (χ1) is 14.4. The fourth-order valence-corrected chi connectivity index (χ4v) is 6.30. The number of piperazine rings is 1. The number of hydrogen-bond acceptors (Lipinski definition) is 4. The maximum absolute atomic E-state index is 13.9. The minimum absolute atomic E-state index is 0.00532. The summed E-state index contributed by atoms with van der Waals surface area (Å²) in [4.78, 5) is 14.3. The van der Waals surface area contributed by atoms with Crippen LogP contribution < -0.4 is 0 Å². The van der Waals surface area contributed by atoms with E-state index >= 15 is 0 Å². The fraction of sp³-hybridized carbons (Fsp3) is 0.381. The zero-order valence-corrected chi connectivity index (χ0v) is 17.9. The van der Waals surface area contributed by atoms with Crippen LogP contribution in [0.25, 0.3) is 0 Å². The molecular weight excluding hydrogens is 430 g/mol. The van der Waals surface area contributed by atoms with Gasteiger partial charge < -0.3 is 4.90 Å². The standard InChI is InChI=1S/C21H22F2N2O3S2/c22-18-5-2-6-19(23)21(18)30(27,28)25-11-9-24(10-12-25)20(26)14-29-17-8-7-15-3-1-4-16(15)13-17/h2,5-8,13H,1,3-4,9-12,14H2. The van der Waals surface area contributed by atoms with Crippen LogP contribution in [0.1, 0.15) is 17.5 Å². The second kappa shape index (κ2) is 8.64. The van der Waals surface area contributed by atoms with Crippen LogP contribution in [0.4, 0.5) is 8.78 Å². The van der Waals surface area contributed by atoms with E-state index in [4.69, 9.17) is 0 Å². The largest absolute Gasteiger partial charge is 0.339 e. The summed E-state index contributed by atoms with van der Waals surface area (Å²) in [7, 11) is -4.29. The van der Waals surface area contributed by atoms with Crippen LogP contribution in [0.5, 0.6) is 0 Å². The van der Waals surface area contributed by atoms with Crippen molar-refractivity contribution < 1.29 is 22.0 Å². The number of hydrogen-bond donors (Lipinski definition) is 0. The number of thioether (sulfide) groups is 1. The molecule has 1 saturated heterocycles. The Kier molecular flexibility index (Phi) is 6.13. The molecule has 0 unspecified atom stereocenters. The van der Waals surface area contributed by atoms with Crippen molar-refractivity contribution in [3.8, 4) is 0 Å². The molecule has 0 radical (unpaired) electrons. The third-order valence-electron chi connectivity index (χ3n) is 5.54. The lowest BCUT2D eigenvalue weighted by molar-refractivity contribution is -0.129. The second-order valence-corrected chi connectivity index (χ2v) is 10.3. The van der Waals surface area contributed by atoms with Gasteiger partial charge in [-0.2, -0.15) is 4.31 Å². The van der Waals surface area contributed by atoms with Gasteiger partial charge in [-0.05, 0) is 54.7 Å². The molecule has 4 rings (SSSR count). The van der Waals surface area contributed by atoms with Crippen molar-refractivity contribution in [3.05, 3.63) is 59.2 Å². The molecule has 9 heteroatoms. The molecule has 0 bridgehead atoms. The first-order valence-electron chi connectivity index (χ1n) is 9.83. The van der Waals surface area contributed by atoms with Gasteiger partial charge in [-0.25, -0.2) is 17.2 Å². The van der Waals surface area contributed by atoms with E-state index in [0.717, 1.165) is 40.2 Å². The molecule has 30 heavy (non-hydrogen) atoms. The maximum atomic E-state index is 13.9. The molecule has 0 saturated carbocycles. The summed E-state index contributed by atoms with van der Waals surface area (Å²) in [5, 5.41) is 0. The molecule has 160 valence electrons. The van der Waals surface area contributed by atoms with E-state index in [0.29, 0.717) is 0 Å². The molecule has 2 aliphatic rings. The Morgan fingerprint density at radius 2 is 1.63 bits per heavy atom.